The predicted octanol–water partition coefficient (Wildman–Crippen LogP) is 0.823. The Morgan fingerprint density at radius 1 is 1.73 bits per heavy atom. The molecular weight excluding hydrogens is 210 g/mol. The SMILES string of the molecule is CN(Cc1csc(CN)n1)C1CCOC1. The Morgan fingerprint density at radius 2 is 2.60 bits per heavy atom. The Balaban J connectivity index is 1.89. The van der Waals surface area contributed by atoms with E-state index in [1.165, 1.54) is 0 Å². The maximum absolute atomic E-state index is 5.53. The summed E-state index contributed by atoms with van der Waals surface area (Å²) in [4.78, 5) is 6.76. The highest BCUT2D eigenvalue weighted by Gasteiger charge is 2.20. The van der Waals surface area contributed by atoms with Crippen LogP contribution < -0.4 is 5.73 Å². The smallest absolute Gasteiger partial charge is 0.106 e. The van der Waals surface area contributed by atoms with Crippen molar-refractivity contribution in [3.05, 3.63) is 16.1 Å². The van der Waals surface area contributed by atoms with E-state index >= 15 is 0 Å². The average Bonchev–Trinajstić information content (AvgIpc) is 2.87. The third kappa shape index (κ3) is 2.75. The first kappa shape index (κ1) is 11.0. The maximum atomic E-state index is 5.53. The van der Waals surface area contributed by atoms with E-state index in [-0.39, 0.29) is 0 Å². The highest BCUT2D eigenvalue weighted by molar-refractivity contribution is 7.09. The Bertz CT molecular complexity index is 309. The van der Waals surface area contributed by atoms with E-state index in [0.29, 0.717) is 12.6 Å². The minimum atomic E-state index is 0.543. The number of hydrogen-bond acceptors (Lipinski definition) is 5. The standard InChI is InChI=1S/C10H17N3OS/c1-13(9-2-3-14-6-9)5-8-7-15-10(4-11)12-8/h7,9H,2-6,11H2,1H3. The van der Waals surface area contributed by atoms with E-state index in [2.05, 4.69) is 22.3 Å². The van der Waals surface area contributed by atoms with E-state index in [0.717, 1.165) is 36.9 Å². The summed E-state index contributed by atoms with van der Waals surface area (Å²) in [5, 5.41) is 3.11. The molecule has 4 nitrogen and oxygen atoms in total. The number of nitrogens with two attached hydrogens (primary N) is 1. The molecule has 0 aliphatic carbocycles. The highest BCUT2D eigenvalue weighted by Crippen LogP contribution is 2.15. The van der Waals surface area contributed by atoms with Gasteiger partial charge in [0.25, 0.3) is 0 Å². The summed E-state index contributed by atoms with van der Waals surface area (Å²) < 4.78 is 5.36. The highest BCUT2D eigenvalue weighted by atomic mass is 32.1. The lowest BCUT2D eigenvalue weighted by Crippen LogP contribution is -2.31. The second-order valence-electron chi connectivity index (χ2n) is 3.87. The predicted molar refractivity (Wildman–Crippen MR) is 60.7 cm³/mol. The van der Waals surface area contributed by atoms with Gasteiger partial charge in [0, 0.05) is 31.1 Å². The zero-order valence-electron chi connectivity index (χ0n) is 8.98. The molecule has 1 aromatic rings. The van der Waals surface area contributed by atoms with Crippen LogP contribution in [0.4, 0.5) is 0 Å². The Labute approximate surface area is 94.1 Å². The quantitative estimate of drug-likeness (QED) is 0.827. The molecule has 1 saturated heterocycles. The van der Waals surface area contributed by atoms with Gasteiger partial charge in [-0.3, -0.25) is 4.90 Å². The maximum Gasteiger partial charge on any atom is 0.106 e. The largest absolute Gasteiger partial charge is 0.380 e. The van der Waals surface area contributed by atoms with Crippen LogP contribution in [0.3, 0.4) is 0 Å². The number of aromatic nitrogens is 1. The van der Waals surface area contributed by atoms with Crippen LogP contribution >= 0.6 is 11.3 Å². The Morgan fingerprint density at radius 3 is 3.20 bits per heavy atom. The molecule has 1 aliphatic rings. The molecule has 2 rings (SSSR count). The van der Waals surface area contributed by atoms with Crippen molar-refractivity contribution in [2.45, 2.75) is 25.6 Å². The van der Waals surface area contributed by atoms with Gasteiger partial charge < -0.3 is 10.5 Å². The summed E-state index contributed by atoms with van der Waals surface area (Å²) in [7, 11) is 2.13. The summed E-state index contributed by atoms with van der Waals surface area (Å²) in [5.74, 6) is 0. The van der Waals surface area contributed by atoms with E-state index in [1.54, 1.807) is 11.3 Å². The summed E-state index contributed by atoms with van der Waals surface area (Å²) >= 11 is 1.64. The van der Waals surface area contributed by atoms with Gasteiger partial charge in [-0.05, 0) is 13.5 Å². The van der Waals surface area contributed by atoms with Crippen molar-refractivity contribution >= 4 is 11.3 Å². The molecule has 0 amide bonds. The number of rotatable bonds is 4. The van der Waals surface area contributed by atoms with Crippen LogP contribution in [0.25, 0.3) is 0 Å². The van der Waals surface area contributed by atoms with Crippen molar-refractivity contribution in [3.8, 4) is 0 Å². The van der Waals surface area contributed by atoms with Gasteiger partial charge in [0.15, 0.2) is 0 Å². The van der Waals surface area contributed by atoms with Gasteiger partial charge in [-0.1, -0.05) is 0 Å². The monoisotopic (exact) mass is 227 g/mol. The second-order valence-corrected chi connectivity index (χ2v) is 4.81. The fourth-order valence-corrected chi connectivity index (χ4v) is 2.44. The molecule has 84 valence electrons. The first-order valence-corrected chi connectivity index (χ1v) is 6.09. The fourth-order valence-electron chi connectivity index (χ4n) is 1.77. The van der Waals surface area contributed by atoms with Crippen molar-refractivity contribution < 1.29 is 4.74 Å². The van der Waals surface area contributed by atoms with Crippen molar-refractivity contribution in [2.75, 3.05) is 20.3 Å². The first-order chi connectivity index (χ1) is 7.29. The number of nitrogens with zero attached hydrogens (tertiary/aromatic N) is 2. The van der Waals surface area contributed by atoms with Crippen molar-refractivity contribution in [2.24, 2.45) is 5.73 Å². The zero-order valence-corrected chi connectivity index (χ0v) is 9.80. The summed E-state index contributed by atoms with van der Waals surface area (Å²) in [6, 6.07) is 0.549. The minimum absolute atomic E-state index is 0.543. The minimum Gasteiger partial charge on any atom is -0.380 e. The molecule has 1 unspecified atom stereocenters. The molecule has 2 heterocycles. The molecule has 1 aliphatic heterocycles. The molecule has 15 heavy (non-hydrogen) atoms. The van der Waals surface area contributed by atoms with E-state index in [1.807, 2.05) is 0 Å². The van der Waals surface area contributed by atoms with Gasteiger partial charge in [0.05, 0.1) is 12.3 Å². The number of ether oxygens (including phenoxy) is 1. The zero-order chi connectivity index (χ0) is 10.7. The molecule has 0 saturated carbocycles. The van der Waals surface area contributed by atoms with Crippen LogP contribution in [0.2, 0.25) is 0 Å². The lowest BCUT2D eigenvalue weighted by molar-refractivity contribution is 0.156. The molecule has 5 heteroatoms. The Hall–Kier alpha value is -0.490. The molecular formula is C10H17N3OS. The van der Waals surface area contributed by atoms with Crippen LogP contribution in [-0.4, -0.2) is 36.2 Å². The third-order valence-electron chi connectivity index (χ3n) is 2.71. The van der Waals surface area contributed by atoms with E-state index < -0.39 is 0 Å². The summed E-state index contributed by atoms with van der Waals surface area (Å²) in [6.07, 6.45) is 1.13. The Kier molecular flexibility index (Phi) is 3.69. The van der Waals surface area contributed by atoms with Gasteiger partial charge in [-0.15, -0.1) is 11.3 Å². The van der Waals surface area contributed by atoms with Crippen LogP contribution in [0.5, 0.6) is 0 Å². The molecule has 2 N–H and O–H groups in total. The van der Waals surface area contributed by atoms with Crippen molar-refractivity contribution in [1.29, 1.82) is 0 Å². The normalized spacial score (nSPS) is 21.4. The molecule has 1 aromatic heterocycles. The molecule has 1 fully saturated rings. The van der Waals surface area contributed by atoms with Crippen LogP contribution in [0.15, 0.2) is 5.38 Å². The van der Waals surface area contributed by atoms with Gasteiger partial charge in [-0.2, -0.15) is 0 Å². The molecule has 0 spiro atoms. The molecule has 0 bridgehead atoms. The molecule has 0 radical (unpaired) electrons. The third-order valence-corrected chi connectivity index (χ3v) is 3.63. The molecule has 0 aromatic carbocycles. The van der Waals surface area contributed by atoms with Crippen LogP contribution in [0.1, 0.15) is 17.1 Å². The first-order valence-electron chi connectivity index (χ1n) is 5.21. The van der Waals surface area contributed by atoms with Crippen molar-refractivity contribution in [1.82, 2.24) is 9.88 Å². The fraction of sp³-hybridized carbons (Fsp3) is 0.700. The van der Waals surface area contributed by atoms with Crippen molar-refractivity contribution in [3.63, 3.8) is 0 Å². The summed E-state index contributed by atoms with van der Waals surface area (Å²) in [6.45, 7) is 3.18. The molecule has 1 atom stereocenters. The second kappa shape index (κ2) is 5.03. The van der Waals surface area contributed by atoms with E-state index in [4.69, 9.17) is 10.5 Å². The lowest BCUT2D eigenvalue weighted by Gasteiger charge is -2.21. The van der Waals surface area contributed by atoms with Gasteiger partial charge in [-0.25, -0.2) is 4.98 Å². The van der Waals surface area contributed by atoms with E-state index in [9.17, 15) is 0 Å². The van der Waals surface area contributed by atoms with Gasteiger partial charge in [0.1, 0.15) is 5.01 Å². The van der Waals surface area contributed by atoms with Crippen LogP contribution in [0, 0.1) is 0 Å². The van der Waals surface area contributed by atoms with Gasteiger partial charge in [0.2, 0.25) is 0 Å². The average molecular weight is 227 g/mol. The lowest BCUT2D eigenvalue weighted by atomic mass is 10.2. The number of likely N-dealkylation sites (N-methyl/N-ethyl adjacent to an activating group) is 1. The number of hydrogen-bond donors (Lipinski definition) is 1. The van der Waals surface area contributed by atoms with Crippen LogP contribution in [-0.2, 0) is 17.8 Å². The topological polar surface area (TPSA) is 51.4 Å². The van der Waals surface area contributed by atoms with Gasteiger partial charge >= 0.3 is 0 Å². The summed E-state index contributed by atoms with van der Waals surface area (Å²) in [5.41, 5.74) is 6.65. The number of thiazole rings is 1.